The van der Waals surface area contributed by atoms with Gasteiger partial charge in [-0.05, 0) is 44.4 Å². The van der Waals surface area contributed by atoms with Crippen molar-refractivity contribution in [3.05, 3.63) is 24.2 Å². The predicted molar refractivity (Wildman–Crippen MR) is 89.1 cm³/mol. The highest BCUT2D eigenvalue weighted by molar-refractivity contribution is 5.74. The number of furan rings is 1. The molecule has 0 saturated carbocycles. The number of hydrogen-bond donors (Lipinski definition) is 3. The van der Waals surface area contributed by atoms with Gasteiger partial charge >= 0.3 is 6.03 Å². The van der Waals surface area contributed by atoms with Crippen molar-refractivity contribution in [3.8, 4) is 0 Å². The minimum Gasteiger partial charge on any atom is -0.467 e. The van der Waals surface area contributed by atoms with Gasteiger partial charge in [-0.15, -0.1) is 0 Å². The van der Waals surface area contributed by atoms with Crippen LogP contribution in [0.3, 0.4) is 0 Å². The highest BCUT2D eigenvalue weighted by Crippen LogP contribution is 2.18. The van der Waals surface area contributed by atoms with Crippen molar-refractivity contribution in [3.63, 3.8) is 0 Å². The molecule has 1 saturated heterocycles. The van der Waals surface area contributed by atoms with E-state index in [0.717, 1.165) is 25.6 Å². The lowest BCUT2D eigenvalue weighted by atomic mass is 10.0. The van der Waals surface area contributed by atoms with Gasteiger partial charge in [0.25, 0.3) is 0 Å². The molecule has 1 aromatic rings. The molecule has 1 aliphatic heterocycles. The normalized spacial score (nSPS) is 21.6. The molecule has 23 heavy (non-hydrogen) atoms. The van der Waals surface area contributed by atoms with Gasteiger partial charge in [0, 0.05) is 32.1 Å². The monoisotopic (exact) mass is 323 g/mol. The van der Waals surface area contributed by atoms with Crippen molar-refractivity contribution < 1.29 is 14.3 Å². The molecule has 0 aromatic carbocycles. The molecule has 2 heterocycles. The summed E-state index contributed by atoms with van der Waals surface area (Å²) in [6.07, 6.45) is 3.81. The van der Waals surface area contributed by atoms with Gasteiger partial charge in [-0.1, -0.05) is 6.92 Å². The number of aliphatic hydroxyl groups is 1. The maximum absolute atomic E-state index is 11.9. The lowest BCUT2D eigenvalue weighted by Crippen LogP contribution is -2.45. The van der Waals surface area contributed by atoms with Crippen molar-refractivity contribution in [2.45, 2.75) is 45.3 Å². The summed E-state index contributed by atoms with van der Waals surface area (Å²) in [6, 6.07) is 3.15. The van der Waals surface area contributed by atoms with E-state index in [9.17, 15) is 9.90 Å². The SMILES string of the molecule is CC1CCCN(CCNC(=O)NC(C)CC(O)c2ccco2)C1. The van der Waals surface area contributed by atoms with E-state index in [1.54, 1.807) is 12.1 Å². The van der Waals surface area contributed by atoms with Gasteiger partial charge in [0.05, 0.1) is 6.26 Å². The number of nitrogens with zero attached hydrogens (tertiary/aromatic N) is 1. The number of piperidine rings is 1. The fraction of sp³-hybridized carbons (Fsp3) is 0.706. The van der Waals surface area contributed by atoms with Crippen LogP contribution in [-0.4, -0.2) is 48.3 Å². The number of carbonyl (C=O) groups excluding carboxylic acids is 1. The van der Waals surface area contributed by atoms with Crippen LogP contribution in [0, 0.1) is 5.92 Å². The summed E-state index contributed by atoms with van der Waals surface area (Å²) in [5.74, 6) is 1.28. The molecule has 0 radical (unpaired) electrons. The lowest BCUT2D eigenvalue weighted by Gasteiger charge is -2.30. The zero-order valence-electron chi connectivity index (χ0n) is 14.1. The second-order valence-corrected chi connectivity index (χ2v) is 6.62. The average molecular weight is 323 g/mol. The zero-order valence-corrected chi connectivity index (χ0v) is 14.1. The maximum Gasteiger partial charge on any atom is 0.315 e. The number of rotatable bonds is 7. The van der Waals surface area contributed by atoms with Gasteiger partial charge in [-0.2, -0.15) is 0 Å². The van der Waals surface area contributed by atoms with E-state index in [0.29, 0.717) is 18.7 Å². The number of hydrogen-bond acceptors (Lipinski definition) is 4. The molecule has 3 atom stereocenters. The topological polar surface area (TPSA) is 77.7 Å². The standard InChI is InChI=1S/C17H29N3O3/c1-13-5-3-8-20(12-13)9-7-18-17(22)19-14(2)11-15(21)16-6-4-10-23-16/h4,6,10,13-15,21H,3,5,7-9,11-12H2,1-2H3,(H2,18,19,22). The van der Waals surface area contributed by atoms with Crippen LogP contribution in [0.1, 0.15) is 45.0 Å². The Labute approximate surface area is 138 Å². The molecule has 0 aliphatic carbocycles. The number of urea groups is 1. The Morgan fingerprint density at radius 2 is 2.39 bits per heavy atom. The van der Waals surface area contributed by atoms with E-state index in [2.05, 4.69) is 22.5 Å². The van der Waals surface area contributed by atoms with Crippen LogP contribution in [0.5, 0.6) is 0 Å². The molecular weight excluding hydrogens is 294 g/mol. The second-order valence-electron chi connectivity index (χ2n) is 6.62. The Morgan fingerprint density at radius 1 is 1.57 bits per heavy atom. The van der Waals surface area contributed by atoms with Crippen LogP contribution in [0.15, 0.2) is 22.8 Å². The quantitative estimate of drug-likeness (QED) is 0.718. The predicted octanol–water partition coefficient (Wildman–Crippen LogP) is 2.12. The Bertz CT molecular complexity index is 464. The van der Waals surface area contributed by atoms with Crippen LogP contribution < -0.4 is 10.6 Å². The van der Waals surface area contributed by atoms with Gasteiger partial charge in [0.15, 0.2) is 0 Å². The first-order valence-corrected chi connectivity index (χ1v) is 8.52. The Hall–Kier alpha value is -1.53. The maximum atomic E-state index is 11.9. The molecule has 3 unspecified atom stereocenters. The van der Waals surface area contributed by atoms with E-state index in [4.69, 9.17) is 4.42 Å². The van der Waals surface area contributed by atoms with E-state index in [-0.39, 0.29) is 12.1 Å². The molecule has 1 aromatic heterocycles. The second kappa shape index (κ2) is 8.93. The highest BCUT2D eigenvalue weighted by atomic mass is 16.4. The molecule has 130 valence electrons. The number of carbonyl (C=O) groups is 1. The number of aliphatic hydroxyl groups excluding tert-OH is 1. The van der Waals surface area contributed by atoms with Crippen molar-refractivity contribution in [1.29, 1.82) is 0 Å². The molecule has 1 aliphatic rings. The van der Waals surface area contributed by atoms with E-state index < -0.39 is 6.10 Å². The zero-order chi connectivity index (χ0) is 16.7. The molecule has 2 amide bonds. The van der Waals surface area contributed by atoms with Gasteiger partial charge in [0.1, 0.15) is 11.9 Å². The van der Waals surface area contributed by atoms with Gasteiger partial charge in [-0.25, -0.2) is 4.79 Å². The van der Waals surface area contributed by atoms with Gasteiger partial charge < -0.3 is 25.1 Å². The van der Waals surface area contributed by atoms with Crippen LogP contribution in [-0.2, 0) is 0 Å². The molecule has 0 spiro atoms. The van der Waals surface area contributed by atoms with Crippen LogP contribution in [0.4, 0.5) is 4.79 Å². The summed E-state index contributed by atoms with van der Waals surface area (Å²) in [5.41, 5.74) is 0. The van der Waals surface area contributed by atoms with Crippen molar-refractivity contribution in [2.75, 3.05) is 26.2 Å². The molecule has 2 rings (SSSR count). The minimum absolute atomic E-state index is 0.134. The largest absolute Gasteiger partial charge is 0.467 e. The average Bonchev–Trinajstić information content (AvgIpc) is 3.01. The lowest BCUT2D eigenvalue weighted by molar-refractivity contribution is 0.129. The van der Waals surface area contributed by atoms with Crippen LogP contribution in [0.2, 0.25) is 0 Å². The van der Waals surface area contributed by atoms with Gasteiger partial charge in [-0.3, -0.25) is 0 Å². The molecular formula is C17H29N3O3. The Balaban J connectivity index is 1.60. The third-order valence-electron chi connectivity index (χ3n) is 4.28. The van der Waals surface area contributed by atoms with E-state index >= 15 is 0 Å². The summed E-state index contributed by atoms with van der Waals surface area (Å²) in [4.78, 5) is 14.3. The van der Waals surface area contributed by atoms with Gasteiger partial charge in [0.2, 0.25) is 0 Å². The van der Waals surface area contributed by atoms with Crippen molar-refractivity contribution >= 4 is 6.03 Å². The fourth-order valence-electron chi connectivity index (χ4n) is 3.08. The summed E-state index contributed by atoms with van der Waals surface area (Å²) in [7, 11) is 0. The van der Waals surface area contributed by atoms with E-state index in [1.807, 2.05) is 6.92 Å². The molecule has 6 nitrogen and oxygen atoms in total. The minimum atomic E-state index is -0.699. The number of nitrogens with one attached hydrogen (secondary N) is 2. The summed E-state index contributed by atoms with van der Waals surface area (Å²) >= 11 is 0. The first-order valence-electron chi connectivity index (χ1n) is 8.52. The Kier molecular flexibility index (Phi) is 6.92. The first kappa shape index (κ1) is 17.8. The molecule has 3 N–H and O–H groups in total. The fourth-order valence-corrected chi connectivity index (χ4v) is 3.08. The summed E-state index contributed by atoms with van der Waals surface area (Å²) in [6.45, 7) is 7.93. The Morgan fingerprint density at radius 3 is 3.09 bits per heavy atom. The van der Waals surface area contributed by atoms with Crippen LogP contribution >= 0.6 is 0 Å². The third-order valence-corrected chi connectivity index (χ3v) is 4.28. The molecule has 6 heteroatoms. The van der Waals surface area contributed by atoms with Crippen molar-refractivity contribution in [2.24, 2.45) is 5.92 Å². The molecule has 1 fully saturated rings. The van der Waals surface area contributed by atoms with Crippen molar-refractivity contribution in [1.82, 2.24) is 15.5 Å². The summed E-state index contributed by atoms with van der Waals surface area (Å²) < 4.78 is 5.16. The number of likely N-dealkylation sites (tertiary alicyclic amines) is 1. The smallest absolute Gasteiger partial charge is 0.315 e. The number of amides is 2. The highest BCUT2D eigenvalue weighted by Gasteiger charge is 2.17. The van der Waals surface area contributed by atoms with Crippen LogP contribution in [0.25, 0.3) is 0 Å². The third kappa shape index (κ3) is 6.23. The first-order chi connectivity index (χ1) is 11.0. The molecule has 0 bridgehead atoms. The summed E-state index contributed by atoms with van der Waals surface area (Å²) in [5, 5.41) is 15.7. The van der Waals surface area contributed by atoms with E-state index in [1.165, 1.54) is 19.1 Å².